The van der Waals surface area contributed by atoms with E-state index in [1.165, 1.54) is 4.90 Å². The number of fused-ring (bicyclic) bond motifs is 1. The maximum absolute atomic E-state index is 12.7. The highest BCUT2D eigenvalue weighted by Crippen LogP contribution is 2.35. The van der Waals surface area contributed by atoms with Crippen molar-refractivity contribution in [2.75, 3.05) is 25.7 Å². The first-order chi connectivity index (χ1) is 13.4. The van der Waals surface area contributed by atoms with Gasteiger partial charge in [0.2, 0.25) is 5.91 Å². The van der Waals surface area contributed by atoms with Gasteiger partial charge in [0.15, 0.2) is 6.61 Å². The van der Waals surface area contributed by atoms with Gasteiger partial charge in [0.25, 0.3) is 5.91 Å². The number of carbonyl (C=O) groups excluding carboxylic acids is 2. The third-order valence-electron chi connectivity index (χ3n) is 4.51. The van der Waals surface area contributed by atoms with Gasteiger partial charge in [-0.15, -0.1) is 0 Å². The number of rotatable bonds is 6. The molecular weight excluding hydrogens is 384 g/mol. The molecule has 1 heterocycles. The summed E-state index contributed by atoms with van der Waals surface area (Å²) in [7, 11) is 3.12. The molecule has 0 aliphatic carbocycles. The van der Waals surface area contributed by atoms with Gasteiger partial charge in [-0.05, 0) is 37.3 Å². The second-order valence-corrected chi connectivity index (χ2v) is 6.67. The van der Waals surface area contributed by atoms with Crippen LogP contribution >= 0.6 is 11.6 Å². The Hall–Kier alpha value is -2.93. The number of ether oxygens (including phenoxy) is 3. The lowest BCUT2D eigenvalue weighted by atomic mass is 10.1. The van der Waals surface area contributed by atoms with E-state index >= 15 is 0 Å². The molecule has 2 aromatic carbocycles. The van der Waals surface area contributed by atoms with E-state index in [4.69, 9.17) is 25.8 Å². The molecule has 0 spiro atoms. The number of amides is 2. The number of hydrogen-bond acceptors (Lipinski definition) is 5. The highest BCUT2D eigenvalue weighted by atomic mass is 35.5. The fraction of sp³-hybridized carbons (Fsp3) is 0.300. The molecule has 1 aliphatic heterocycles. The van der Waals surface area contributed by atoms with Crippen LogP contribution in [0.1, 0.15) is 12.5 Å². The number of halogens is 1. The number of nitrogens with zero attached hydrogens (tertiary/aromatic N) is 1. The third-order valence-corrected chi connectivity index (χ3v) is 4.75. The quantitative estimate of drug-likeness (QED) is 0.801. The molecule has 0 bridgehead atoms. The summed E-state index contributed by atoms with van der Waals surface area (Å²) in [6.07, 6.45) is 0. The van der Waals surface area contributed by atoms with Crippen LogP contribution < -0.4 is 24.4 Å². The smallest absolute Gasteiger partial charge is 0.265 e. The molecular formula is C20H21ClN2O5. The van der Waals surface area contributed by atoms with Gasteiger partial charge in [-0.2, -0.15) is 0 Å². The normalized spacial score (nSPS) is 14.0. The number of methoxy groups -OCH3 is 2. The third kappa shape index (κ3) is 3.99. The zero-order chi connectivity index (χ0) is 20.3. The monoisotopic (exact) mass is 404 g/mol. The van der Waals surface area contributed by atoms with E-state index in [0.717, 1.165) is 5.56 Å². The van der Waals surface area contributed by atoms with Crippen molar-refractivity contribution in [3.8, 4) is 17.2 Å². The Morgan fingerprint density at radius 1 is 1.25 bits per heavy atom. The summed E-state index contributed by atoms with van der Waals surface area (Å²) in [5.41, 5.74) is 1.27. The van der Waals surface area contributed by atoms with Crippen LogP contribution in [0.2, 0.25) is 5.02 Å². The first kappa shape index (κ1) is 19.8. The average molecular weight is 405 g/mol. The summed E-state index contributed by atoms with van der Waals surface area (Å²) in [6.45, 7) is 1.78. The van der Waals surface area contributed by atoms with Crippen molar-refractivity contribution in [2.24, 2.45) is 0 Å². The van der Waals surface area contributed by atoms with Crippen molar-refractivity contribution in [1.82, 2.24) is 5.32 Å². The maximum Gasteiger partial charge on any atom is 0.265 e. The molecule has 2 aromatic rings. The van der Waals surface area contributed by atoms with Crippen LogP contribution in [0.4, 0.5) is 5.69 Å². The Bertz CT molecular complexity index is 902. The Morgan fingerprint density at radius 3 is 2.75 bits per heavy atom. The van der Waals surface area contributed by atoms with E-state index in [9.17, 15) is 9.59 Å². The van der Waals surface area contributed by atoms with Crippen LogP contribution in [0.3, 0.4) is 0 Å². The van der Waals surface area contributed by atoms with Crippen LogP contribution in [0, 0.1) is 0 Å². The van der Waals surface area contributed by atoms with E-state index in [0.29, 0.717) is 28.0 Å². The summed E-state index contributed by atoms with van der Waals surface area (Å²) in [5, 5.41) is 3.30. The van der Waals surface area contributed by atoms with E-state index in [-0.39, 0.29) is 25.0 Å². The molecule has 0 fully saturated rings. The zero-order valence-corrected chi connectivity index (χ0v) is 16.6. The molecule has 1 N–H and O–H groups in total. The van der Waals surface area contributed by atoms with Gasteiger partial charge in [0, 0.05) is 23.2 Å². The van der Waals surface area contributed by atoms with Gasteiger partial charge in [-0.3, -0.25) is 14.5 Å². The summed E-state index contributed by atoms with van der Waals surface area (Å²) < 4.78 is 15.9. The predicted molar refractivity (Wildman–Crippen MR) is 105 cm³/mol. The molecule has 2 amide bonds. The van der Waals surface area contributed by atoms with Crippen LogP contribution in [-0.4, -0.2) is 38.7 Å². The zero-order valence-electron chi connectivity index (χ0n) is 15.8. The molecule has 0 saturated carbocycles. The van der Waals surface area contributed by atoms with Crippen molar-refractivity contribution in [3.63, 3.8) is 0 Å². The first-order valence-corrected chi connectivity index (χ1v) is 9.05. The molecule has 28 heavy (non-hydrogen) atoms. The van der Waals surface area contributed by atoms with Crippen molar-refractivity contribution in [1.29, 1.82) is 0 Å². The number of nitrogens with one attached hydrogen (secondary N) is 1. The highest BCUT2D eigenvalue weighted by molar-refractivity contribution is 6.31. The maximum atomic E-state index is 12.7. The molecule has 1 unspecified atom stereocenters. The minimum atomic E-state index is -0.738. The highest BCUT2D eigenvalue weighted by Gasteiger charge is 2.33. The number of benzene rings is 2. The SMILES string of the molecule is COc1ccc(CNC(=O)C(C)N2C(=O)COc3ccc(Cl)cc32)c(OC)c1. The molecule has 7 nitrogen and oxygen atoms in total. The summed E-state index contributed by atoms with van der Waals surface area (Å²) in [5.74, 6) is 1.17. The molecule has 1 aliphatic rings. The Balaban J connectivity index is 1.75. The Kier molecular flexibility index (Phi) is 5.94. The number of anilines is 1. The van der Waals surface area contributed by atoms with Crippen molar-refractivity contribution >= 4 is 29.1 Å². The topological polar surface area (TPSA) is 77.1 Å². The average Bonchev–Trinajstić information content (AvgIpc) is 2.71. The van der Waals surface area contributed by atoms with E-state index in [1.807, 2.05) is 6.07 Å². The standard InChI is InChI=1S/C20H21ClN2O5/c1-12(23-16-8-14(21)5-7-17(16)28-11-19(23)24)20(25)22-10-13-4-6-15(26-2)9-18(13)27-3/h4-9,12H,10-11H2,1-3H3,(H,22,25). The molecule has 0 saturated heterocycles. The molecule has 0 aromatic heterocycles. The second kappa shape index (κ2) is 8.39. The minimum absolute atomic E-state index is 0.126. The number of hydrogen-bond donors (Lipinski definition) is 1. The molecule has 3 rings (SSSR count). The molecule has 148 valence electrons. The Labute approximate surface area is 168 Å². The van der Waals surface area contributed by atoms with Gasteiger partial charge in [0.1, 0.15) is 23.3 Å². The molecule has 1 atom stereocenters. The number of carbonyl (C=O) groups is 2. The van der Waals surface area contributed by atoms with Crippen LogP contribution in [0.5, 0.6) is 17.2 Å². The van der Waals surface area contributed by atoms with Gasteiger partial charge < -0.3 is 19.5 Å². The fourth-order valence-corrected chi connectivity index (χ4v) is 3.18. The van der Waals surface area contributed by atoms with Gasteiger partial charge in [0.05, 0.1) is 19.9 Å². The second-order valence-electron chi connectivity index (χ2n) is 6.24. The van der Waals surface area contributed by atoms with E-state index in [1.54, 1.807) is 51.5 Å². The van der Waals surface area contributed by atoms with Crippen LogP contribution in [0.25, 0.3) is 0 Å². The van der Waals surface area contributed by atoms with E-state index in [2.05, 4.69) is 5.32 Å². The summed E-state index contributed by atoms with van der Waals surface area (Å²) in [6, 6.07) is 9.59. The lowest BCUT2D eigenvalue weighted by Gasteiger charge is -2.33. The Morgan fingerprint density at radius 2 is 2.04 bits per heavy atom. The molecule has 8 heteroatoms. The fourth-order valence-electron chi connectivity index (χ4n) is 3.01. The molecule has 0 radical (unpaired) electrons. The van der Waals surface area contributed by atoms with Crippen molar-refractivity contribution in [3.05, 3.63) is 47.0 Å². The minimum Gasteiger partial charge on any atom is -0.497 e. The largest absolute Gasteiger partial charge is 0.497 e. The van der Waals surface area contributed by atoms with E-state index < -0.39 is 6.04 Å². The summed E-state index contributed by atoms with van der Waals surface area (Å²) in [4.78, 5) is 26.5. The summed E-state index contributed by atoms with van der Waals surface area (Å²) >= 11 is 6.06. The lowest BCUT2D eigenvalue weighted by Crippen LogP contribution is -2.51. The van der Waals surface area contributed by atoms with Crippen molar-refractivity contribution < 1.29 is 23.8 Å². The first-order valence-electron chi connectivity index (χ1n) is 8.67. The van der Waals surface area contributed by atoms with Gasteiger partial charge in [-0.1, -0.05) is 11.6 Å². The predicted octanol–water partition coefficient (Wildman–Crippen LogP) is 2.79. The van der Waals surface area contributed by atoms with Crippen LogP contribution in [0.15, 0.2) is 36.4 Å². The van der Waals surface area contributed by atoms with Gasteiger partial charge >= 0.3 is 0 Å². The van der Waals surface area contributed by atoms with Gasteiger partial charge in [-0.25, -0.2) is 0 Å². The van der Waals surface area contributed by atoms with Crippen molar-refractivity contribution in [2.45, 2.75) is 19.5 Å². The van der Waals surface area contributed by atoms with Crippen LogP contribution in [-0.2, 0) is 16.1 Å². The lowest BCUT2D eigenvalue weighted by molar-refractivity contribution is -0.127.